The molecule has 0 amide bonds. The molecular weight excluding hydrogens is 480 g/mol. The Labute approximate surface area is 253 Å². The molecule has 40 heavy (non-hydrogen) atoms. The first-order valence-corrected chi connectivity index (χ1v) is 12.7. The smallest absolute Gasteiger partial charge is 0.0622 e. The molecule has 184 valence electrons. The highest BCUT2D eigenvalue weighted by Crippen LogP contribution is 2.47. The Hall–Kier alpha value is -5.20. The van der Waals surface area contributed by atoms with E-state index in [9.17, 15) is 6.85 Å². The molecule has 0 saturated carbocycles. The summed E-state index contributed by atoms with van der Waals surface area (Å²) in [6.07, 6.45) is 0. The summed E-state index contributed by atoms with van der Waals surface area (Å²) in [7, 11) is 0. The lowest BCUT2D eigenvalue weighted by Gasteiger charge is -2.20. The summed E-state index contributed by atoms with van der Waals surface area (Å²) in [6.45, 7) is 0. The van der Waals surface area contributed by atoms with E-state index in [1.54, 1.807) is 0 Å². The molecule has 9 rings (SSSR count). The minimum atomic E-state index is -0.741. The summed E-state index contributed by atoms with van der Waals surface area (Å²) in [5.41, 5.74) is -0.393. The molecule has 0 spiro atoms. The fourth-order valence-electron chi connectivity index (χ4n) is 6.09. The number of hydrogen-bond donors (Lipinski definition) is 0. The van der Waals surface area contributed by atoms with Gasteiger partial charge in [0.25, 0.3) is 0 Å². The molecule has 0 aliphatic carbocycles. The zero-order chi connectivity index (χ0) is 39.3. The summed E-state index contributed by atoms with van der Waals surface area (Å²) in [4.78, 5) is 0. The Bertz CT molecular complexity index is 3170. The third kappa shape index (κ3) is 2.96. The molecule has 0 aliphatic rings. The van der Waals surface area contributed by atoms with E-state index < -0.39 is 96.2 Å². The predicted molar refractivity (Wildman–Crippen MR) is 174 cm³/mol. The van der Waals surface area contributed by atoms with Crippen molar-refractivity contribution >= 4 is 64.6 Å². The second-order valence-electron chi connectivity index (χ2n) is 9.76. The van der Waals surface area contributed by atoms with Crippen LogP contribution in [-0.4, -0.2) is 0 Å². The number of benzene rings is 9. The van der Waals surface area contributed by atoms with Crippen LogP contribution >= 0.6 is 0 Å². The molecule has 0 heterocycles. The third-order valence-corrected chi connectivity index (χ3v) is 7.69. The summed E-state index contributed by atoms with van der Waals surface area (Å²) in [5.74, 6) is 0. The summed E-state index contributed by atoms with van der Waals surface area (Å²) in [6, 6.07) is 7.41. The van der Waals surface area contributed by atoms with Crippen molar-refractivity contribution in [1.29, 1.82) is 0 Å². The maximum atomic E-state index is 9.51. The van der Waals surface area contributed by atoms with E-state index >= 15 is 0 Å². The largest absolute Gasteiger partial charge is 0.0630 e. The van der Waals surface area contributed by atoms with E-state index in [0.29, 0.717) is 5.56 Å². The van der Waals surface area contributed by atoms with Crippen LogP contribution in [0.4, 0.5) is 0 Å². The Morgan fingerprint density at radius 1 is 0.350 bits per heavy atom. The average Bonchev–Trinajstić information content (AvgIpc) is 3.18. The molecule has 0 atom stereocenters. The van der Waals surface area contributed by atoms with Gasteiger partial charge in [0.15, 0.2) is 0 Å². The minimum Gasteiger partial charge on any atom is -0.0622 e. The summed E-state index contributed by atoms with van der Waals surface area (Å²) < 4.78 is 134. The molecule has 0 aromatic heterocycles. The molecule has 9 aromatic rings. The van der Waals surface area contributed by atoms with Crippen molar-refractivity contribution in [3.63, 3.8) is 0 Å². The first-order valence-electron chi connectivity index (χ1n) is 20.2. The highest BCUT2D eigenvalue weighted by molar-refractivity contribution is 6.29. The van der Waals surface area contributed by atoms with Crippen LogP contribution in [-0.2, 0) is 0 Å². The van der Waals surface area contributed by atoms with Crippen LogP contribution in [0.1, 0.15) is 20.6 Å². The maximum Gasteiger partial charge on any atom is 0.0630 e. The zero-order valence-electron chi connectivity index (χ0n) is 35.7. The molecule has 9 aromatic carbocycles. The van der Waals surface area contributed by atoms with Crippen LogP contribution in [0.3, 0.4) is 0 Å². The van der Waals surface area contributed by atoms with Crippen LogP contribution in [0, 0.1) is 0 Å². The molecule has 0 radical (unpaired) electrons. The van der Waals surface area contributed by atoms with E-state index in [0.717, 1.165) is 32.3 Å². The van der Waals surface area contributed by atoms with E-state index in [1.807, 2.05) is 54.6 Å². The topological polar surface area (TPSA) is 0 Å². The highest BCUT2D eigenvalue weighted by Gasteiger charge is 2.19. The van der Waals surface area contributed by atoms with Crippen LogP contribution in [0.25, 0.3) is 86.9 Å². The molecule has 0 unspecified atom stereocenters. The van der Waals surface area contributed by atoms with E-state index in [2.05, 4.69) is 0 Å². The van der Waals surface area contributed by atoms with Crippen LogP contribution in [0.2, 0.25) is 0 Å². The van der Waals surface area contributed by atoms with Gasteiger partial charge in [0.05, 0.1) is 20.6 Å². The molecule has 0 aliphatic heterocycles. The number of fused-ring (bicyclic) bond motifs is 4. The van der Waals surface area contributed by atoms with Gasteiger partial charge in [-0.3, -0.25) is 0 Å². The lowest BCUT2D eigenvalue weighted by atomic mass is 9.83. The van der Waals surface area contributed by atoms with Crippen molar-refractivity contribution < 1.29 is 20.6 Å². The summed E-state index contributed by atoms with van der Waals surface area (Å²) in [5, 5.41) is 4.13. The van der Waals surface area contributed by atoms with Crippen molar-refractivity contribution in [3.05, 3.63) is 145 Å². The van der Waals surface area contributed by atoms with Gasteiger partial charge in [0.1, 0.15) is 0 Å². The Balaban J connectivity index is 1.67. The molecule has 0 nitrogen and oxygen atoms in total. The first kappa shape index (κ1) is 11.9. The van der Waals surface area contributed by atoms with Crippen molar-refractivity contribution in [1.82, 2.24) is 0 Å². The number of rotatable bonds is 2. The van der Waals surface area contributed by atoms with Gasteiger partial charge in [-0.25, -0.2) is 0 Å². The second kappa shape index (κ2) is 8.15. The minimum absolute atomic E-state index is 0.0714. The lowest BCUT2D eigenvalue weighted by molar-refractivity contribution is 1.67. The van der Waals surface area contributed by atoms with Gasteiger partial charge in [-0.2, -0.15) is 0 Å². The van der Waals surface area contributed by atoms with Crippen LogP contribution in [0.15, 0.2) is 145 Å². The summed E-state index contributed by atoms with van der Waals surface area (Å²) >= 11 is 0. The zero-order valence-corrected chi connectivity index (χ0v) is 20.7. The normalized spacial score (nSPS) is 17.2. The lowest BCUT2D eigenvalue weighted by Crippen LogP contribution is -1.93. The van der Waals surface area contributed by atoms with Crippen molar-refractivity contribution in [2.45, 2.75) is 0 Å². The van der Waals surface area contributed by atoms with Gasteiger partial charge in [0.2, 0.25) is 0 Å². The highest BCUT2D eigenvalue weighted by atomic mass is 14.2. The van der Waals surface area contributed by atoms with Gasteiger partial charge in [-0.05, 0) is 99.0 Å². The first-order chi connectivity index (χ1) is 26.1. The van der Waals surface area contributed by atoms with E-state index in [4.69, 9.17) is 13.7 Å². The van der Waals surface area contributed by atoms with Crippen molar-refractivity contribution in [3.8, 4) is 22.3 Å². The fourth-order valence-corrected chi connectivity index (χ4v) is 6.09. The van der Waals surface area contributed by atoms with Crippen molar-refractivity contribution in [2.24, 2.45) is 0 Å². The Kier molecular flexibility index (Phi) is 2.42. The van der Waals surface area contributed by atoms with Gasteiger partial charge < -0.3 is 0 Å². The SMILES string of the molecule is [2H]c1c([2H])c([2H])c(-c2c3c([2H])c([2H])c([2H])c([2H])c3c(-c3cc4ccc5cccc6ccc(c3)c4c56)c3c2c([2H])c([2H])c2c([2H])c([2H])c([2H])c([2H])c23)c([2H])c1[2H]. The third-order valence-electron chi connectivity index (χ3n) is 7.69. The molecule has 0 fully saturated rings. The Morgan fingerprint density at radius 3 is 1.65 bits per heavy atom. The van der Waals surface area contributed by atoms with Crippen LogP contribution < -0.4 is 0 Å². The molecule has 0 heteroatoms. The van der Waals surface area contributed by atoms with Gasteiger partial charge in [-0.15, -0.1) is 0 Å². The molecule has 0 N–H and O–H groups in total. The Morgan fingerprint density at radius 2 is 0.925 bits per heavy atom. The van der Waals surface area contributed by atoms with Gasteiger partial charge >= 0.3 is 0 Å². The van der Waals surface area contributed by atoms with Crippen molar-refractivity contribution in [2.75, 3.05) is 0 Å². The maximum absolute atomic E-state index is 9.51. The number of hydrogen-bond acceptors (Lipinski definition) is 0. The predicted octanol–water partition coefficient (Wildman–Crippen LogP) is 11.4. The molecule has 0 bridgehead atoms. The molecule has 0 saturated heterocycles. The quantitative estimate of drug-likeness (QED) is 0.157. The standard InChI is InChI=1S/C40H24/c1-2-10-26(11-3-1)38-33-15-6-7-16-34(33)39(40-32-14-5-4-9-25(32)21-22-35(38)40)31-23-29-19-17-27-12-8-13-28-18-20-30(24-31)37(29)36(27)28/h1-24H/i1D,2D,3D,4D,5D,6D,7D,9D,10D,11D,14D,15D,16D,21D,22D. The second-order valence-corrected chi connectivity index (χ2v) is 9.76. The fraction of sp³-hybridized carbons (Fsp3) is 0. The monoisotopic (exact) mass is 519 g/mol. The molecular formula is C40H24. The van der Waals surface area contributed by atoms with E-state index in [1.165, 1.54) is 0 Å². The van der Waals surface area contributed by atoms with Gasteiger partial charge in [0, 0.05) is 0 Å². The van der Waals surface area contributed by atoms with Crippen LogP contribution in [0.5, 0.6) is 0 Å². The van der Waals surface area contributed by atoms with Gasteiger partial charge in [-0.1, -0.05) is 133 Å². The van der Waals surface area contributed by atoms with E-state index in [-0.39, 0.29) is 43.4 Å². The average molecular weight is 520 g/mol.